The highest BCUT2D eigenvalue weighted by molar-refractivity contribution is 5.79. The van der Waals surface area contributed by atoms with Gasteiger partial charge in [-0.1, -0.05) is 13.8 Å². The third kappa shape index (κ3) is 4.04. The van der Waals surface area contributed by atoms with Crippen LogP contribution in [0.2, 0.25) is 0 Å². The zero-order valence-electron chi connectivity index (χ0n) is 10.3. The third-order valence-electron chi connectivity index (χ3n) is 2.56. The Balaban J connectivity index is 2.25. The molecular formula is C12H21N3O. The van der Waals surface area contributed by atoms with Crippen molar-refractivity contribution in [2.45, 2.75) is 39.7 Å². The van der Waals surface area contributed by atoms with E-state index in [1.165, 1.54) is 0 Å². The lowest BCUT2D eigenvalue weighted by Crippen LogP contribution is -2.32. The zero-order valence-corrected chi connectivity index (χ0v) is 10.3. The minimum atomic E-state index is -0.228. The summed E-state index contributed by atoms with van der Waals surface area (Å²) in [5.74, 6) is 0.730. The summed E-state index contributed by atoms with van der Waals surface area (Å²) >= 11 is 0. The standard InChI is InChI=1S/C12H21N3O/c1-10(2)6-4-7-13-12(16)11(3)15-9-5-8-14-15/h5,8-11H,4,6-7H2,1-3H3,(H,13,16). The molecule has 1 aromatic rings. The summed E-state index contributed by atoms with van der Waals surface area (Å²) in [5, 5.41) is 6.98. The van der Waals surface area contributed by atoms with Crippen LogP contribution in [0, 0.1) is 5.92 Å². The van der Waals surface area contributed by atoms with E-state index >= 15 is 0 Å². The zero-order chi connectivity index (χ0) is 12.0. The van der Waals surface area contributed by atoms with Gasteiger partial charge in [0.1, 0.15) is 6.04 Å². The molecule has 0 fully saturated rings. The first-order valence-corrected chi connectivity index (χ1v) is 5.88. The quantitative estimate of drug-likeness (QED) is 0.750. The van der Waals surface area contributed by atoms with Gasteiger partial charge in [0, 0.05) is 18.9 Å². The smallest absolute Gasteiger partial charge is 0.244 e. The van der Waals surface area contributed by atoms with Crippen molar-refractivity contribution in [3.63, 3.8) is 0 Å². The Hall–Kier alpha value is -1.32. The predicted molar refractivity (Wildman–Crippen MR) is 64.0 cm³/mol. The van der Waals surface area contributed by atoms with Gasteiger partial charge in [-0.25, -0.2) is 0 Å². The van der Waals surface area contributed by atoms with Crippen LogP contribution in [0.5, 0.6) is 0 Å². The van der Waals surface area contributed by atoms with Crippen LogP contribution in [-0.2, 0) is 4.79 Å². The van der Waals surface area contributed by atoms with Gasteiger partial charge in [-0.15, -0.1) is 0 Å². The lowest BCUT2D eigenvalue weighted by Gasteiger charge is -2.12. The van der Waals surface area contributed by atoms with Crippen LogP contribution in [0.4, 0.5) is 0 Å². The molecular weight excluding hydrogens is 202 g/mol. The average Bonchev–Trinajstić information content (AvgIpc) is 2.76. The van der Waals surface area contributed by atoms with Crippen LogP contribution in [0.1, 0.15) is 39.7 Å². The molecule has 0 bridgehead atoms. The van der Waals surface area contributed by atoms with Gasteiger partial charge < -0.3 is 5.32 Å². The highest BCUT2D eigenvalue weighted by atomic mass is 16.2. The molecule has 0 aliphatic rings. The molecule has 1 unspecified atom stereocenters. The Morgan fingerprint density at radius 3 is 2.75 bits per heavy atom. The Kier molecular flexibility index (Phi) is 5.02. The molecule has 1 amide bonds. The molecule has 1 heterocycles. The summed E-state index contributed by atoms with van der Waals surface area (Å²) in [6.45, 7) is 6.98. The molecule has 0 spiro atoms. The van der Waals surface area contributed by atoms with Gasteiger partial charge in [0.05, 0.1) is 0 Å². The molecule has 1 atom stereocenters. The van der Waals surface area contributed by atoms with Crippen molar-refractivity contribution in [3.05, 3.63) is 18.5 Å². The first kappa shape index (κ1) is 12.7. The van der Waals surface area contributed by atoms with Crippen molar-refractivity contribution >= 4 is 5.91 Å². The normalized spacial score (nSPS) is 12.8. The van der Waals surface area contributed by atoms with E-state index in [0.717, 1.165) is 19.4 Å². The fourth-order valence-electron chi connectivity index (χ4n) is 1.50. The van der Waals surface area contributed by atoms with Gasteiger partial charge in [0.15, 0.2) is 0 Å². The molecule has 90 valence electrons. The maximum Gasteiger partial charge on any atom is 0.244 e. The van der Waals surface area contributed by atoms with Crippen LogP contribution in [0.25, 0.3) is 0 Å². The van der Waals surface area contributed by atoms with Crippen molar-refractivity contribution in [2.75, 3.05) is 6.54 Å². The summed E-state index contributed by atoms with van der Waals surface area (Å²) in [6, 6.07) is 1.59. The maximum absolute atomic E-state index is 11.7. The number of rotatable bonds is 6. The summed E-state index contributed by atoms with van der Waals surface area (Å²) in [6.07, 6.45) is 5.67. The van der Waals surface area contributed by atoms with E-state index in [9.17, 15) is 4.79 Å². The number of hydrogen-bond acceptors (Lipinski definition) is 2. The maximum atomic E-state index is 11.7. The largest absolute Gasteiger partial charge is 0.354 e. The molecule has 1 aromatic heterocycles. The summed E-state index contributed by atoms with van der Waals surface area (Å²) < 4.78 is 1.66. The Morgan fingerprint density at radius 2 is 2.19 bits per heavy atom. The SMILES string of the molecule is CC(C)CCCNC(=O)C(C)n1cccn1. The van der Waals surface area contributed by atoms with Crippen LogP contribution in [0.15, 0.2) is 18.5 Å². The van der Waals surface area contributed by atoms with Crippen molar-refractivity contribution in [2.24, 2.45) is 5.92 Å². The first-order valence-electron chi connectivity index (χ1n) is 5.88. The number of carbonyl (C=O) groups excluding carboxylic acids is 1. The van der Waals surface area contributed by atoms with E-state index in [1.807, 2.05) is 13.0 Å². The van der Waals surface area contributed by atoms with Gasteiger partial charge in [-0.3, -0.25) is 9.48 Å². The van der Waals surface area contributed by atoms with Gasteiger partial charge in [-0.2, -0.15) is 5.10 Å². The molecule has 0 aliphatic heterocycles. The van der Waals surface area contributed by atoms with Gasteiger partial charge in [0.2, 0.25) is 5.91 Å². The Morgan fingerprint density at radius 1 is 1.44 bits per heavy atom. The number of carbonyl (C=O) groups is 1. The fraction of sp³-hybridized carbons (Fsp3) is 0.667. The van der Waals surface area contributed by atoms with Gasteiger partial charge >= 0.3 is 0 Å². The monoisotopic (exact) mass is 223 g/mol. The molecule has 1 N–H and O–H groups in total. The summed E-state index contributed by atoms with van der Waals surface area (Å²) in [5.41, 5.74) is 0. The van der Waals surface area contributed by atoms with Crippen molar-refractivity contribution in [1.82, 2.24) is 15.1 Å². The Bertz CT molecular complexity index is 306. The molecule has 0 saturated carbocycles. The molecule has 0 aliphatic carbocycles. The van der Waals surface area contributed by atoms with E-state index < -0.39 is 0 Å². The van der Waals surface area contributed by atoms with Crippen LogP contribution < -0.4 is 5.32 Å². The fourth-order valence-corrected chi connectivity index (χ4v) is 1.50. The molecule has 16 heavy (non-hydrogen) atoms. The lowest BCUT2D eigenvalue weighted by molar-refractivity contribution is -0.124. The molecule has 0 radical (unpaired) electrons. The van der Waals surface area contributed by atoms with Crippen molar-refractivity contribution in [3.8, 4) is 0 Å². The number of amides is 1. The second-order valence-electron chi connectivity index (χ2n) is 4.49. The second kappa shape index (κ2) is 6.30. The number of hydrogen-bond donors (Lipinski definition) is 1. The number of aromatic nitrogens is 2. The highest BCUT2D eigenvalue weighted by Gasteiger charge is 2.13. The molecule has 1 rings (SSSR count). The van der Waals surface area contributed by atoms with E-state index in [1.54, 1.807) is 17.1 Å². The molecule has 0 aromatic carbocycles. The van der Waals surface area contributed by atoms with Crippen molar-refractivity contribution < 1.29 is 4.79 Å². The molecule has 4 nitrogen and oxygen atoms in total. The van der Waals surface area contributed by atoms with E-state index in [-0.39, 0.29) is 11.9 Å². The minimum Gasteiger partial charge on any atom is -0.354 e. The van der Waals surface area contributed by atoms with Crippen LogP contribution >= 0.6 is 0 Å². The van der Waals surface area contributed by atoms with Crippen molar-refractivity contribution in [1.29, 1.82) is 0 Å². The topological polar surface area (TPSA) is 46.9 Å². The van der Waals surface area contributed by atoms with Gasteiger partial charge in [0.25, 0.3) is 0 Å². The minimum absolute atomic E-state index is 0.0347. The summed E-state index contributed by atoms with van der Waals surface area (Å²) in [4.78, 5) is 11.7. The average molecular weight is 223 g/mol. The summed E-state index contributed by atoms with van der Waals surface area (Å²) in [7, 11) is 0. The first-order chi connectivity index (χ1) is 7.61. The Labute approximate surface area is 97.0 Å². The number of nitrogens with one attached hydrogen (secondary N) is 1. The van der Waals surface area contributed by atoms with E-state index in [2.05, 4.69) is 24.3 Å². The van der Waals surface area contributed by atoms with Crippen LogP contribution in [-0.4, -0.2) is 22.2 Å². The lowest BCUT2D eigenvalue weighted by atomic mass is 10.1. The van der Waals surface area contributed by atoms with Gasteiger partial charge in [-0.05, 0) is 31.7 Å². The predicted octanol–water partition coefficient (Wildman–Crippen LogP) is 2.00. The molecule has 4 heteroatoms. The third-order valence-corrected chi connectivity index (χ3v) is 2.56. The highest BCUT2D eigenvalue weighted by Crippen LogP contribution is 2.04. The van der Waals surface area contributed by atoms with E-state index in [4.69, 9.17) is 0 Å². The number of nitrogens with zero attached hydrogens (tertiary/aromatic N) is 2. The van der Waals surface area contributed by atoms with Crippen LogP contribution in [0.3, 0.4) is 0 Å². The second-order valence-corrected chi connectivity index (χ2v) is 4.49. The molecule has 0 saturated heterocycles. The van der Waals surface area contributed by atoms with E-state index in [0.29, 0.717) is 5.92 Å².